The van der Waals surface area contributed by atoms with E-state index < -0.39 is 0 Å². The van der Waals surface area contributed by atoms with Crippen LogP contribution in [-0.4, -0.2) is 0 Å². The highest BCUT2D eigenvalue weighted by molar-refractivity contribution is 5.35. The minimum absolute atomic E-state index is 0.259. The van der Waals surface area contributed by atoms with E-state index >= 15 is 0 Å². The number of hydrogen-bond acceptors (Lipinski definition) is 1. The fourth-order valence-corrected chi connectivity index (χ4v) is 1.42. The molecule has 0 heterocycles. The Morgan fingerprint density at radius 3 is 2.12 bits per heavy atom. The van der Waals surface area contributed by atoms with E-state index in [1.165, 1.54) is 6.07 Å². The minimum atomic E-state index is -0.333. The van der Waals surface area contributed by atoms with Crippen molar-refractivity contribution in [3.05, 3.63) is 59.4 Å². The standard InChI is InChI=1S/C14H13FO/c1-10-3-6-12(7-4-10)16-14-8-5-11(2)9-13(14)15/h3-9H,1-2H3. The molecule has 0 spiro atoms. The molecule has 16 heavy (non-hydrogen) atoms. The second kappa shape index (κ2) is 4.35. The van der Waals surface area contributed by atoms with Gasteiger partial charge in [-0.15, -0.1) is 0 Å². The average molecular weight is 216 g/mol. The fourth-order valence-electron chi connectivity index (χ4n) is 1.42. The van der Waals surface area contributed by atoms with Gasteiger partial charge in [-0.25, -0.2) is 4.39 Å². The summed E-state index contributed by atoms with van der Waals surface area (Å²) in [5, 5.41) is 0. The summed E-state index contributed by atoms with van der Waals surface area (Å²) >= 11 is 0. The molecule has 0 bridgehead atoms. The van der Waals surface area contributed by atoms with Gasteiger partial charge >= 0.3 is 0 Å². The summed E-state index contributed by atoms with van der Waals surface area (Å²) < 4.78 is 18.9. The van der Waals surface area contributed by atoms with Crippen LogP contribution in [0.3, 0.4) is 0 Å². The normalized spacial score (nSPS) is 10.2. The summed E-state index contributed by atoms with van der Waals surface area (Å²) in [7, 11) is 0. The molecular formula is C14H13FO. The van der Waals surface area contributed by atoms with E-state index in [1.54, 1.807) is 6.07 Å². The molecule has 0 radical (unpaired) electrons. The van der Waals surface area contributed by atoms with Crippen molar-refractivity contribution in [3.63, 3.8) is 0 Å². The van der Waals surface area contributed by atoms with Gasteiger partial charge in [0.15, 0.2) is 11.6 Å². The second-order valence-electron chi connectivity index (χ2n) is 3.85. The molecule has 0 fully saturated rings. The van der Waals surface area contributed by atoms with Gasteiger partial charge in [0.25, 0.3) is 0 Å². The van der Waals surface area contributed by atoms with Crippen LogP contribution in [0.15, 0.2) is 42.5 Å². The van der Waals surface area contributed by atoms with Gasteiger partial charge in [-0.3, -0.25) is 0 Å². The maximum absolute atomic E-state index is 13.5. The Labute approximate surface area is 94.5 Å². The summed E-state index contributed by atoms with van der Waals surface area (Å²) in [5.74, 6) is 0.573. The van der Waals surface area contributed by atoms with Gasteiger partial charge in [0, 0.05) is 0 Å². The number of rotatable bonds is 2. The molecule has 0 saturated heterocycles. The number of halogens is 1. The molecule has 82 valence electrons. The van der Waals surface area contributed by atoms with Gasteiger partial charge < -0.3 is 4.74 Å². The van der Waals surface area contributed by atoms with Gasteiger partial charge in [0.2, 0.25) is 0 Å². The van der Waals surface area contributed by atoms with Crippen LogP contribution in [0.5, 0.6) is 11.5 Å². The largest absolute Gasteiger partial charge is 0.454 e. The summed E-state index contributed by atoms with van der Waals surface area (Å²) in [6, 6.07) is 12.5. The Hall–Kier alpha value is -1.83. The Morgan fingerprint density at radius 2 is 1.50 bits per heavy atom. The quantitative estimate of drug-likeness (QED) is 0.729. The predicted molar refractivity (Wildman–Crippen MR) is 62.4 cm³/mol. The fraction of sp³-hybridized carbons (Fsp3) is 0.143. The first-order valence-electron chi connectivity index (χ1n) is 5.16. The van der Waals surface area contributed by atoms with E-state index in [0.717, 1.165) is 11.1 Å². The van der Waals surface area contributed by atoms with Crippen LogP contribution >= 0.6 is 0 Å². The third-order valence-corrected chi connectivity index (χ3v) is 2.34. The molecule has 0 amide bonds. The van der Waals surface area contributed by atoms with Crippen molar-refractivity contribution < 1.29 is 9.13 Å². The van der Waals surface area contributed by atoms with Crippen molar-refractivity contribution in [1.29, 1.82) is 0 Å². The molecule has 0 N–H and O–H groups in total. The van der Waals surface area contributed by atoms with Crippen LogP contribution in [-0.2, 0) is 0 Å². The minimum Gasteiger partial charge on any atom is -0.454 e. The molecule has 2 heteroatoms. The van der Waals surface area contributed by atoms with E-state index in [2.05, 4.69) is 0 Å². The summed E-state index contributed by atoms with van der Waals surface area (Å²) in [5.41, 5.74) is 2.03. The molecule has 0 unspecified atom stereocenters. The number of aryl methyl sites for hydroxylation is 2. The SMILES string of the molecule is Cc1ccc(Oc2ccc(C)cc2F)cc1. The van der Waals surface area contributed by atoms with Gasteiger partial charge in [-0.2, -0.15) is 0 Å². The van der Waals surface area contributed by atoms with Crippen LogP contribution in [0.2, 0.25) is 0 Å². The Morgan fingerprint density at radius 1 is 0.875 bits per heavy atom. The Bertz CT molecular complexity index is 489. The summed E-state index contributed by atoms with van der Waals surface area (Å²) in [6.07, 6.45) is 0. The van der Waals surface area contributed by atoms with Crippen molar-refractivity contribution in [2.45, 2.75) is 13.8 Å². The molecule has 1 nitrogen and oxygen atoms in total. The zero-order valence-electron chi connectivity index (χ0n) is 9.33. The van der Waals surface area contributed by atoms with E-state index in [1.807, 2.05) is 44.2 Å². The van der Waals surface area contributed by atoms with E-state index in [0.29, 0.717) is 5.75 Å². The summed E-state index contributed by atoms with van der Waals surface area (Å²) in [4.78, 5) is 0. The summed E-state index contributed by atoms with van der Waals surface area (Å²) in [6.45, 7) is 3.84. The maximum Gasteiger partial charge on any atom is 0.165 e. The highest BCUT2D eigenvalue weighted by Crippen LogP contribution is 2.25. The molecule has 0 aliphatic rings. The molecule has 2 aromatic carbocycles. The third-order valence-electron chi connectivity index (χ3n) is 2.34. The molecular weight excluding hydrogens is 203 g/mol. The van der Waals surface area contributed by atoms with Crippen molar-refractivity contribution in [1.82, 2.24) is 0 Å². The van der Waals surface area contributed by atoms with Crippen molar-refractivity contribution >= 4 is 0 Å². The zero-order valence-corrected chi connectivity index (χ0v) is 9.33. The Balaban J connectivity index is 2.23. The van der Waals surface area contributed by atoms with Gasteiger partial charge in [0.05, 0.1) is 0 Å². The molecule has 2 rings (SSSR count). The van der Waals surface area contributed by atoms with E-state index in [9.17, 15) is 4.39 Å². The van der Waals surface area contributed by atoms with E-state index in [-0.39, 0.29) is 11.6 Å². The van der Waals surface area contributed by atoms with Crippen molar-refractivity contribution in [2.75, 3.05) is 0 Å². The van der Waals surface area contributed by atoms with Crippen LogP contribution in [0.4, 0.5) is 4.39 Å². The predicted octanol–water partition coefficient (Wildman–Crippen LogP) is 4.23. The first-order valence-corrected chi connectivity index (χ1v) is 5.16. The van der Waals surface area contributed by atoms with Crippen LogP contribution in [0, 0.1) is 19.7 Å². The number of benzene rings is 2. The van der Waals surface area contributed by atoms with Crippen molar-refractivity contribution in [3.8, 4) is 11.5 Å². The average Bonchev–Trinajstić information content (AvgIpc) is 2.25. The molecule has 0 aromatic heterocycles. The zero-order chi connectivity index (χ0) is 11.5. The lowest BCUT2D eigenvalue weighted by Crippen LogP contribution is -1.89. The van der Waals surface area contributed by atoms with Crippen LogP contribution in [0.25, 0.3) is 0 Å². The second-order valence-corrected chi connectivity index (χ2v) is 3.85. The smallest absolute Gasteiger partial charge is 0.165 e. The first kappa shape index (κ1) is 10.7. The third kappa shape index (κ3) is 2.40. The lowest BCUT2D eigenvalue weighted by molar-refractivity contribution is 0.442. The maximum atomic E-state index is 13.5. The molecule has 0 aliphatic heterocycles. The number of hydrogen-bond donors (Lipinski definition) is 0. The number of ether oxygens (including phenoxy) is 1. The van der Waals surface area contributed by atoms with Gasteiger partial charge in [0.1, 0.15) is 5.75 Å². The first-order chi connectivity index (χ1) is 7.65. The topological polar surface area (TPSA) is 9.23 Å². The lowest BCUT2D eigenvalue weighted by atomic mass is 10.2. The molecule has 2 aromatic rings. The highest BCUT2D eigenvalue weighted by Gasteiger charge is 2.04. The van der Waals surface area contributed by atoms with Gasteiger partial charge in [-0.05, 0) is 43.7 Å². The van der Waals surface area contributed by atoms with Crippen LogP contribution in [0.1, 0.15) is 11.1 Å². The van der Waals surface area contributed by atoms with Crippen LogP contribution < -0.4 is 4.74 Å². The van der Waals surface area contributed by atoms with Gasteiger partial charge in [-0.1, -0.05) is 23.8 Å². The molecule has 0 aliphatic carbocycles. The van der Waals surface area contributed by atoms with Crippen molar-refractivity contribution in [2.24, 2.45) is 0 Å². The monoisotopic (exact) mass is 216 g/mol. The lowest BCUT2D eigenvalue weighted by Gasteiger charge is -2.07. The Kier molecular flexibility index (Phi) is 2.91. The molecule has 0 atom stereocenters. The molecule has 0 saturated carbocycles. The van der Waals surface area contributed by atoms with E-state index in [4.69, 9.17) is 4.74 Å². The highest BCUT2D eigenvalue weighted by atomic mass is 19.1.